The van der Waals surface area contributed by atoms with Crippen LogP contribution in [0.4, 0.5) is 0 Å². The predicted octanol–water partition coefficient (Wildman–Crippen LogP) is 5.48. The quantitative estimate of drug-likeness (QED) is 0.519. The Hall–Kier alpha value is -2.03. The summed E-state index contributed by atoms with van der Waals surface area (Å²) in [5.74, 6) is 0.692. The molecule has 25 heavy (non-hydrogen) atoms. The van der Waals surface area contributed by atoms with Crippen molar-refractivity contribution in [1.29, 1.82) is 0 Å². The third-order valence-electron chi connectivity index (χ3n) is 4.44. The monoisotopic (exact) mass is 341 g/mol. The Bertz CT molecular complexity index is 639. The molecule has 0 bridgehead atoms. The number of hydrogen-bond acceptors (Lipinski definition) is 2. The molecule has 0 aliphatic carbocycles. The molecule has 0 aromatic heterocycles. The molecule has 3 nitrogen and oxygen atoms in total. The third kappa shape index (κ3) is 7.59. The van der Waals surface area contributed by atoms with Crippen LogP contribution in [0, 0.1) is 0 Å². The Balaban J connectivity index is 1.54. The van der Waals surface area contributed by atoms with E-state index in [1.165, 1.54) is 50.3 Å². The summed E-state index contributed by atoms with van der Waals surface area (Å²) in [6.45, 7) is 3.07. The standard InChI is InChI=1S/C22H31NO2/c1-2-3-4-5-6-7-8-11-16-23-22(24)18-25-21-15-14-19-12-9-10-13-20(19)17-21/h9-10,12-15,17H,2-8,11,16,18H2,1H3,(H,23,24). The summed E-state index contributed by atoms with van der Waals surface area (Å²) in [6, 6.07) is 14.0. The molecule has 0 fully saturated rings. The second kappa shape index (κ2) is 11.5. The zero-order chi connectivity index (χ0) is 17.7. The van der Waals surface area contributed by atoms with Crippen molar-refractivity contribution in [2.45, 2.75) is 58.3 Å². The summed E-state index contributed by atoms with van der Waals surface area (Å²) >= 11 is 0. The molecule has 0 saturated carbocycles. The van der Waals surface area contributed by atoms with Crippen LogP contribution in [0.5, 0.6) is 5.75 Å². The molecule has 0 aliphatic rings. The van der Waals surface area contributed by atoms with Crippen LogP contribution in [0.15, 0.2) is 42.5 Å². The fourth-order valence-corrected chi connectivity index (χ4v) is 2.94. The summed E-state index contributed by atoms with van der Waals surface area (Å²) < 4.78 is 5.60. The van der Waals surface area contributed by atoms with Crippen LogP contribution < -0.4 is 10.1 Å². The van der Waals surface area contributed by atoms with Gasteiger partial charge in [-0.3, -0.25) is 4.79 Å². The first-order chi connectivity index (χ1) is 12.3. The molecule has 0 heterocycles. The molecule has 1 N–H and O–H groups in total. The van der Waals surface area contributed by atoms with Crippen molar-refractivity contribution < 1.29 is 9.53 Å². The van der Waals surface area contributed by atoms with Gasteiger partial charge in [0, 0.05) is 6.54 Å². The Morgan fingerprint density at radius 2 is 1.56 bits per heavy atom. The first kappa shape index (κ1) is 19.3. The van der Waals surface area contributed by atoms with E-state index < -0.39 is 0 Å². The number of carbonyl (C=O) groups excluding carboxylic acids is 1. The van der Waals surface area contributed by atoms with Crippen LogP contribution >= 0.6 is 0 Å². The van der Waals surface area contributed by atoms with Crippen LogP contribution in [0.1, 0.15) is 58.3 Å². The van der Waals surface area contributed by atoms with Gasteiger partial charge in [-0.15, -0.1) is 0 Å². The Kier molecular flexibility index (Phi) is 8.89. The molecular formula is C22H31NO2. The van der Waals surface area contributed by atoms with E-state index in [1.807, 2.05) is 36.4 Å². The van der Waals surface area contributed by atoms with Gasteiger partial charge in [0.05, 0.1) is 0 Å². The highest BCUT2D eigenvalue weighted by Crippen LogP contribution is 2.20. The Morgan fingerprint density at radius 3 is 2.32 bits per heavy atom. The van der Waals surface area contributed by atoms with Crippen molar-refractivity contribution in [3.63, 3.8) is 0 Å². The van der Waals surface area contributed by atoms with E-state index in [-0.39, 0.29) is 12.5 Å². The highest BCUT2D eigenvalue weighted by atomic mass is 16.5. The van der Waals surface area contributed by atoms with Crippen molar-refractivity contribution in [3.05, 3.63) is 42.5 Å². The zero-order valence-electron chi connectivity index (χ0n) is 15.4. The van der Waals surface area contributed by atoms with Crippen molar-refractivity contribution in [2.24, 2.45) is 0 Å². The molecule has 0 radical (unpaired) electrons. The van der Waals surface area contributed by atoms with Gasteiger partial charge in [-0.05, 0) is 29.3 Å². The highest BCUT2D eigenvalue weighted by Gasteiger charge is 2.03. The maximum atomic E-state index is 11.9. The first-order valence-electron chi connectivity index (χ1n) is 9.68. The number of nitrogens with one attached hydrogen (secondary N) is 1. The summed E-state index contributed by atoms with van der Waals surface area (Å²) in [4.78, 5) is 11.9. The summed E-state index contributed by atoms with van der Waals surface area (Å²) in [6.07, 6.45) is 10.2. The molecule has 0 aliphatic heterocycles. The number of amides is 1. The molecule has 2 aromatic rings. The molecule has 0 atom stereocenters. The molecule has 0 spiro atoms. The number of benzene rings is 2. The van der Waals surface area contributed by atoms with E-state index in [0.717, 1.165) is 24.1 Å². The highest BCUT2D eigenvalue weighted by molar-refractivity contribution is 5.84. The van der Waals surface area contributed by atoms with Gasteiger partial charge in [0.1, 0.15) is 5.75 Å². The van der Waals surface area contributed by atoms with Crippen LogP contribution in [0.2, 0.25) is 0 Å². The maximum absolute atomic E-state index is 11.9. The van der Waals surface area contributed by atoms with Crippen molar-refractivity contribution in [1.82, 2.24) is 5.32 Å². The van der Waals surface area contributed by atoms with Gasteiger partial charge in [0.15, 0.2) is 6.61 Å². The van der Waals surface area contributed by atoms with Gasteiger partial charge in [-0.2, -0.15) is 0 Å². The van der Waals surface area contributed by atoms with Crippen LogP contribution in [-0.4, -0.2) is 19.1 Å². The number of carbonyl (C=O) groups is 1. The van der Waals surface area contributed by atoms with Gasteiger partial charge >= 0.3 is 0 Å². The van der Waals surface area contributed by atoms with Gasteiger partial charge in [-0.1, -0.05) is 82.2 Å². The molecule has 1 amide bonds. The normalized spacial score (nSPS) is 10.8. The van der Waals surface area contributed by atoms with Crippen LogP contribution in [0.3, 0.4) is 0 Å². The van der Waals surface area contributed by atoms with Crippen LogP contribution in [-0.2, 0) is 4.79 Å². The number of hydrogen-bond donors (Lipinski definition) is 1. The second-order valence-corrected chi connectivity index (χ2v) is 6.62. The molecule has 0 unspecified atom stereocenters. The Labute approximate surface area is 151 Å². The van der Waals surface area contributed by atoms with Crippen molar-refractivity contribution >= 4 is 16.7 Å². The summed E-state index contributed by atoms with van der Waals surface area (Å²) in [5, 5.41) is 5.24. The fourth-order valence-electron chi connectivity index (χ4n) is 2.94. The molecule has 0 saturated heterocycles. The minimum Gasteiger partial charge on any atom is -0.484 e. The summed E-state index contributed by atoms with van der Waals surface area (Å²) in [5.41, 5.74) is 0. The third-order valence-corrected chi connectivity index (χ3v) is 4.44. The van der Waals surface area contributed by atoms with Gasteiger partial charge in [0.25, 0.3) is 5.91 Å². The van der Waals surface area contributed by atoms with Gasteiger partial charge < -0.3 is 10.1 Å². The van der Waals surface area contributed by atoms with Gasteiger partial charge in [0.2, 0.25) is 0 Å². The molecule has 136 valence electrons. The molecule has 3 heteroatoms. The number of fused-ring (bicyclic) bond motifs is 1. The molecular weight excluding hydrogens is 310 g/mol. The maximum Gasteiger partial charge on any atom is 0.257 e. The lowest BCUT2D eigenvalue weighted by atomic mass is 10.1. The average molecular weight is 341 g/mol. The van der Waals surface area contributed by atoms with Gasteiger partial charge in [-0.25, -0.2) is 0 Å². The van der Waals surface area contributed by atoms with E-state index in [4.69, 9.17) is 4.74 Å². The van der Waals surface area contributed by atoms with E-state index in [2.05, 4.69) is 18.3 Å². The first-order valence-corrected chi connectivity index (χ1v) is 9.68. The predicted molar refractivity (Wildman–Crippen MR) is 105 cm³/mol. The van der Waals surface area contributed by atoms with E-state index in [1.54, 1.807) is 0 Å². The largest absolute Gasteiger partial charge is 0.484 e. The van der Waals surface area contributed by atoms with Crippen molar-refractivity contribution in [3.8, 4) is 5.75 Å². The zero-order valence-corrected chi connectivity index (χ0v) is 15.4. The SMILES string of the molecule is CCCCCCCCCCNC(=O)COc1ccc2ccccc2c1. The lowest BCUT2D eigenvalue weighted by molar-refractivity contribution is -0.123. The molecule has 2 aromatic carbocycles. The number of ether oxygens (including phenoxy) is 1. The van der Waals surface area contributed by atoms with Crippen LogP contribution in [0.25, 0.3) is 10.8 Å². The minimum absolute atomic E-state index is 0.0453. The van der Waals surface area contributed by atoms with E-state index in [9.17, 15) is 4.79 Å². The lowest BCUT2D eigenvalue weighted by Crippen LogP contribution is -2.29. The Morgan fingerprint density at radius 1 is 0.880 bits per heavy atom. The van der Waals surface area contributed by atoms with Crippen molar-refractivity contribution in [2.75, 3.05) is 13.2 Å². The second-order valence-electron chi connectivity index (χ2n) is 6.62. The average Bonchev–Trinajstić information content (AvgIpc) is 2.65. The van der Waals surface area contributed by atoms with E-state index in [0.29, 0.717) is 0 Å². The fraction of sp³-hybridized carbons (Fsp3) is 0.500. The minimum atomic E-state index is -0.0453. The number of rotatable bonds is 12. The molecule has 2 rings (SSSR count). The smallest absolute Gasteiger partial charge is 0.257 e. The topological polar surface area (TPSA) is 38.3 Å². The number of unbranched alkanes of at least 4 members (excludes halogenated alkanes) is 7. The summed E-state index contributed by atoms with van der Waals surface area (Å²) in [7, 11) is 0. The van der Waals surface area contributed by atoms with E-state index >= 15 is 0 Å². The lowest BCUT2D eigenvalue weighted by Gasteiger charge is -2.08.